The number of nitrogens with zero attached hydrogens (tertiary/aromatic N) is 4. The number of sulfonamides is 1. The van der Waals surface area contributed by atoms with Gasteiger partial charge in [0.1, 0.15) is 12.4 Å². The second-order valence-corrected chi connectivity index (χ2v) is 9.13. The summed E-state index contributed by atoms with van der Waals surface area (Å²) in [4.78, 5) is 9.91. The summed E-state index contributed by atoms with van der Waals surface area (Å²) in [5, 5.41) is 0. The molecule has 0 aliphatic carbocycles. The van der Waals surface area contributed by atoms with Gasteiger partial charge in [-0.05, 0) is 42.5 Å². The van der Waals surface area contributed by atoms with Crippen molar-refractivity contribution in [2.24, 2.45) is 0 Å². The molecule has 2 aromatic carbocycles. The Morgan fingerprint density at radius 2 is 1.88 bits per heavy atom. The van der Waals surface area contributed by atoms with Gasteiger partial charge < -0.3 is 9.64 Å². The van der Waals surface area contributed by atoms with Crippen LogP contribution < -0.4 is 13.9 Å². The number of ether oxygens (including phenoxy) is 1. The van der Waals surface area contributed by atoms with Gasteiger partial charge in [-0.1, -0.05) is 6.07 Å². The minimum absolute atomic E-state index is 0.0399. The molecule has 1 aliphatic heterocycles. The molecular formula is C21H19F3N4O3S. The Morgan fingerprint density at radius 3 is 2.59 bits per heavy atom. The van der Waals surface area contributed by atoms with E-state index >= 15 is 0 Å². The number of rotatable bonds is 4. The van der Waals surface area contributed by atoms with Crippen LogP contribution in [0, 0.1) is 0 Å². The van der Waals surface area contributed by atoms with Gasteiger partial charge in [0.15, 0.2) is 0 Å². The summed E-state index contributed by atoms with van der Waals surface area (Å²) >= 11 is 0. The van der Waals surface area contributed by atoms with E-state index in [1.54, 1.807) is 49.5 Å². The van der Waals surface area contributed by atoms with Crippen molar-refractivity contribution in [2.75, 3.05) is 36.5 Å². The first-order valence-corrected chi connectivity index (χ1v) is 11.0. The molecule has 32 heavy (non-hydrogen) atoms. The molecule has 0 atom stereocenters. The molecule has 0 amide bonds. The van der Waals surface area contributed by atoms with Gasteiger partial charge in [-0.25, -0.2) is 18.4 Å². The highest BCUT2D eigenvalue weighted by Gasteiger charge is 2.34. The summed E-state index contributed by atoms with van der Waals surface area (Å²) < 4.78 is 72.6. The normalized spacial score (nSPS) is 14.0. The molecule has 0 radical (unpaired) electrons. The first kappa shape index (κ1) is 21.9. The molecule has 0 saturated heterocycles. The Labute approximate surface area is 183 Å². The Morgan fingerprint density at radius 1 is 1.09 bits per heavy atom. The van der Waals surface area contributed by atoms with Crippen LogP contribution in [0.5, 0.6) is 5.75 Å². The predicted molar refractivity (Wildman–Crippen MR) is 113 cm³/mol. The van der Waals surface area contributed by atoms with Gasteiger partial charge in [0.25, 0.3) is 10.0 Å². The maximum absolute atomic E-state index is 13.3. The van der Waals surface area contributed by atoms with Gasteiger partial charge in [-0.15, -0.1) is 0 Å². The van der Waals surface area contributed by atoms with Gasteiger partial charge >= 0.3 is 6.18 Å². The predicted octanol–water partition coefficient (Wildman–Crippen LogP) is 3.82. The number of hydrogen-bond donors (Lipinski definition) is 0. The van der Waals surface area contributed by atoms with Crippen LogP contribution in [-0.2, 0) is 16.2 Å². The highest BCUT2D eigenvalue weighted by atomic mass is 32.2. The van der Waals surface area contributed by atoms with Gasteiger partial charge in [-0.3, -0.25) is 4.31 Å². The molecule has 2 heterocycles. The third-order valence-electron chi connectivity index (χ3n) is 4.87. The van der Waals surface area contributed by atoms with Crippen LogP contribution in [0.3, 0.4) is 0 Å². The molecule has 0 fully saturated rings. The van der Waals surface area contributed by atoms with Crippen molar-refractivity contribution in [3.05, 3.63) is 60.3 Å². The minimum atomic E-state index is -4.65. The molecule has 4 rings (SSSR count). The second kappa shape index (κ2) is 7.97. The molecule has 168 valence electrons. The number of alkyl halides is 3. The zero-order chi connectivity index (χ0) is 23.1. The monoisotopic (exact) mass is 464 g/mol. The van der Waals surface area contributed by atoms with Crippen molar-refractivity contribution in [1.82, 2.24) is 9.97 Å². The van der Waals surface area contributed by atoms with Crippen molar-refractivity contribution >= 4 is 21.7 Å². The third kappa shape index (κ3) is 4.07. The molecule has 11 heteroatoms. The molecule has 0 unspecified atom stereocenters. The van der Waals surface area contributed by atoms with Crippen LogP contribution in [0.15, 0.2) is 59.6 Å². The highest BCUT2D eigenvalue weighted by Crippen LogP contribution is 2.39. The molecule has 0 spiro atoms. The van der Waals surface area contributed by atoms with Crippen LogP contribution in [0.2, 0.25) is 0 Å². The van der Waals surface area contributed by atoms with Crippen LogP contribution in [0.25, 0.3) is 11.3 Å². The van der Waals surface area contributed by atoms with Gasteiger partial charge in [0.2, 0.25) is 5.95 Å². The Balaban J connectivity index is 1.78. The molecule has 3 aromatic rings. The standard InChI is InChI=1S/C21H19F3N4O3S/c1-27(2)20-25-9-8-17(26-20)14-6-7-19-18(12-14)28(10-11-31-19)32(29,30)16-5-3-4-15(13-16)21(22,23)24/h3-9,12-13H,10-11H2,1-2H3. The zero-order valence-electron chi connectivity index (χ0n) is 17.2. The number of benzene rings is 2. The fourth-order valence-corrected chi connectivity index (χ4v) is 4.78. The first-order chi connectivity index (χ1) is 15.1. The molecular weight excluding hydrogens is 445 g/mol. The van der Waals surface area contributed by atoms with E-state index in [2.05, 4.69) is 9.97 Å². The summed E-state index contributed by atoms with van der Waals surface area (Å²) in [6.07, 6.45) is -3.07. The van der Waals surface area contributed by atoms with Crippen LogP contribution in [-0.4, -0.2) is 45.6 Å². The number of anilines is 2. The van der Waals surface area contributed by atoms with E-state index in [4.69, 9.17) is 4.74 Å². The molecule has 1 aliphatic rings. The first-order valence-electron chi connectivity index (χ1n) is 9.55. The Kier molecular flexibility index (Phi) is 5.45. The molecule has 1 aromatic heterocycles. The lowest BCUT2D eigenvalue weighted by Gasteiger charge is -2.31. The average molecular weight is 464 g/mol. The van der Waals surface area contributed by atoms with Crippen LogP contribution in [0.4, 0.5) is 24.8 Å². The lowest BCUT2D eigenvalue weighted by Crippen LogP contribution is -2.38. The lowest BCUT2D eigenvalue weighted by atomic mass is 10.1. The summed E-state index contributed by atoms with van der Waals surface area (Å²) in [7, 11) is -0.677. The smallest absolute Gasteiger partial charge is 0.416 e. The number of halogens is 3. The maximum atomic E-state index is 13.3. The van der Waals surface area contributed by atoms with E-state index in [9.17, 15) is 21.6 Å². The Bertz CT molecular complexity index is 1260. The van der Waals surface area contributed by atoms with Gasteiger partial charge in [0.05, 0.1) is 28.4 Å². The van der Waals surface area contributed by atoms with E-state index in [-0.39, 0.29) is 18.8 Å². The van der Waals surface area contributed by atoms with Crippen LogP contribution >= 0.6 is 0 Å². The fraction of sp³-hybridized carbons (Fsp3) is 0.238. The summed E-state index contributed by atoms with van der Waals surface area (Å²) in [5.74, 6) is 0.794. The van der Waals surface area contributed by atoms with Gasteiger partial charge in [-0.2, -0.15) is 13.2 Å². The molecule has 0 bridgehead atoms. The lowest BCUT2D eigenvalue weighted by molar-refractivity contribution is -0.137. The largest absolute Gasteiger partial charge is 0.489 e. The van der Waals surface area contributed by atoms with E-state index in [0.29, 0.717) is 29.0 Å². The number of hydrogen-bond acceptors (Lipinski definition) is 6. The Hall–Kier alpha value is -3.34. The van der Waals surface area contributed by atoms with Crippen molar-refractivity contribution < 1.29 is 26.3 Å². The highest BCUT2D eigenvalue weighted by molar-refractivity contribution is 7.92. The zero-order valence-corrected chi connectivity index (χ0v) is 18.0. The van der Waals surface area contributed by atoms with Gasteiger partial charge in [0, 0.05) is 25.9 Å². The topological polar surface area (TPSA) is 75.6 Å². The van der Waals surface area contributed by atoms with Crippen LogP contribution in [0.1, 0.15) is 5.56 Å². The summed E-state index contributed by atoms with van der Waals surface area (Å²) in [6.45, 7) is 0.0323. The van der Waals surface area contributed by atoms with E-state index in [0.717, 1.165) is 22.5 Å². The fourth-order valence-electron chi connectivity index (χ4n) is 3.29. The summed E-state index contributed by atoms with van der Waals surface area (Å²) in [5.41, 5.74) is 0.381. The van der Waals surface area contributed by atoms with Crippen molar-refractivity contribution in [2.45, 2.75) is 11.1 Å². The average Bonchev–Trinajstić information content (AvgIpc) is 2.78. The number of fused-ring (bicyclic) bond motifs is 1. The molecule has 0 N–H and O–H groups in total. The molecule has 0 saturated carbocycles. The minimum Gasteiger partial charge on any atom is -0.489 e. The SMILES string of the molecule is CN(C)c1nccc(-c2ccc3c(c2)N(S(=O)(=O)c2cccc(C(F)(F)F)c2)CCO3)n1. The number of aromatic nitrogens is 2. The maximum Gasteiger partial charge on any atom is 0.416 e. The van der Waals surface area contributed by atoms with E-state index in [1.807, 2.05) is 0 Å². The molecule has 7 nitrogen and oxygen atoms in total. The third-order valence-corrected chi connectivity index (χ3v) is 6.68. The van der Waals surface area contributed by atoms with E-state index in [1.165, 1.54) is 0 Å². The van der Waals surface area contributed by atoms with E-state index < -0.39 is 26.7 Å². The quantitative estimate of drug-likeness (QED) is 0.585. The van der Waals surface area contributed by atoms with Crippen molar-refractivity contribution in [3.8, 4) is 17.0 Å². The van der Waals surface area contributed by atoms with Crippen molar-refractivity contribution in [3.63, 3.8) is 0 Å². The van der Waals surface area contributed by atoms with Crippen molar-refractivity contribution in [1.29, 1.82) is 0 Å². The summed E-state index contributed by atoms with van der Waals surface area (Å²) in [6, 6.07) is 10.3. The second-order valence-electron chi connectivity index (χ2n) is 7.27.